The Bertz CT molecular complexity index is 858. The number of carbonyl (C=O) groups is 2. The normalized spacial score (nSPS) is 10.8. The molecule has 0 aliphatic carbocycles. The highest BCUT2D eigenvalue weighted by Crippen LogP contribution is 2.28. The van der Waals surface area contributed by atoms with Crippen LogP contribution in [0.15, 0.2) is 48.5 Å². The van der Waals surface area contributed by atoms with Gasteiger partial charge in [0.2, 0.25) is 11.8 Å². The van der Waals surface area contributed by atoms with E-state index in [1.165, 1.54) is 6.08 Å². The Kier molecular flexibility index (Phi) is 8.27. The lowest BCUT2D eigenvalue weighted by atomic mass is 10.1. The summed E-state index contributed by atoms with van der Waals surface area (Å²) in [6.07, 6.45) is 3.20. The molecule has 6 nitrogen and oxygen atoms in total. The van der Waals surface area contributed by atoms with Gasteiger partial charge in [0, 0.05) is 24.2 Å². The van der Waals surface area contributed by atoms with Gasteiger partial charge >= 0.3 is 0 Å². The van der Waals surface area contributed by atoms with Crippen molar-refractivity contribution in [2.75, 3.05) is 19.0 Å². The van der Waals surface area contributed by atoms with E-state index in [4.69, 9.17) is 9.47 Å². The van der Waals surface area contributed by atoms with Crippen LogP contribution in [0.4, 0.5) is 5.69 Å². The van der Waals surface area contributed by atoms with Crippen LogP contribution in [0.5, 0.6) is 11.5 Å². The third-order valence-electron chi connectivity index (χ3n) is 4.13. The maximum Gasteiger partial charge on any atom is 0.244 e. The molecule has 0 unspecified atom stereocenters. The van der Waals surface area contributed by atoms with Crippen LogP contribution >= 0.6 is 0 Å². The molecular formula is C23H28N2O4. The highest BCUT2D eigenvalue weighted by molar-refractivity contribution is 5.92. The van der Waals surface area contributed by atoms with Crippen LogP contribution in [0.3, 0.4) is 0 Å². The van der Waals surface area contributed by atoms with Gasteiger partial charge in [0.05, 0.1) is 13.7 Å². The fourth-order valence-corrected chi connectivity index (χ4v) is 2.48. The number of amides is 2. The molecule has 6 heteroatoms. The monoisotopic (exact) mass is 396 g/mol. The first-order valence-electron chi connectivity index (χ1n) is 9.59. The molecule has 154 valence electrons. The lowest BCUT2D eigenvalue weighted by Gasteiger charge is -2.09. The molecule has 2 aromatic rings. The SMILES string of the molecule is CCOc1ccc(/C=C/C(=O)NCc2ccc(NC(=O)C(C)C)cc2)cc1OC. The maximum absolute atomic E-state index is 12.1. The summed E-state index contributed by atoms with van der Waals surface area (Å²) in [5, 5.41) is 5.68. The van der Waals surface area contributed by atoms with E-state index >= 15 is 0 Å². The second-order valence-corrected chi connectivity index (χ2v) is 6.74. The van der Waals surface area contributed by atoms with Gasteiger partial charge in [-0.3, -0.25) is 9.59 Å². The topological polar surface area (TPSA) is 76.7 Å². The zero-order valence-corrected chi connectivity index (χ0v) is 17.3. The molecule has 0 spiro atoms. The van der Waals surface area contributed by atoms with E-state index in [0.717, 1.165) is 16.8 Å². The molecule has 0 fully saturated rings. The van der Waals surface area contributed by atoms with Gasteiger partial charge in [-0.05, 0) is 48.4 Å². The van der Waals surface area contributed by atoms with E-state index in [9.17, 15) is 9.59 Å². The molecule has 2 aromatic carbocycles. The molecule has 0 saturated carbocycles. The second-order valence-electron chi connectivity index (χ2n) is 6.74. The zero-order valence-electron chi connectivity index (χ0n) is 17.3. The summed E-state index contributed by atoms with van der Waals surface area (Å²) in [5.41, 5.74) is 2.52. The molecule has 0 atom stereocenters. The van der Waals surface area contributed by atoms with Crippen molar-refractivity contribution in [2.24, 2.45) is 5.92 Å². The predicted molar refractivity (Wildman–Crippen MR) is 115 cm³/mol. The average Bonchev–Trinajstić information content (AvgIpc) is 2.72. The van der Waals surface area contributed by atoms with Crippen LogP contribution in [0.1, 0.15) is 31.9 Å². The number of carbonyl (C=O) groups excluding carboxylic acids is 2. The van der Waals surface area contributed by atoms with Gasteiger partial charge in [-0.1, -0.05) is 32.0 Å². The number of rotatable bonds is 9. The fourth-order valence-electron chi connectivity index (χ4n) is 2.48. The molecule has 0 aromatic heterocycles. The first-order chi connectivity index (χ1) is 13.9. The quantitative estimate of drug-likeness (QED) is 0.628. The van der Waals surface area contributed by atoms with Crippen molar-refractivity contribution in [1.29, 1.82) is 0 Å². The van der Waals surface area contributed by atoms with Gasteiger partial charge in [-0.15, -0.1) is 0 Å². The number of hydrogen-bond acceptors (Lipinski definition) is 4. The van der Waals surface area contributed by atoms with Gasteiger partial charge in [-0.25, -0.2) is 0 Å². The minimum Gasteiger partial charge on any atom is -0.493 e. The molecule has 0 saturated heterocycles. The van der Waals surface area contributed by atoms with Gasteiger partial charge < -0.3 is 20.1 Å². The zero-order chi connectivity index (χ0) is 21.2. The van der Waals surface area contributed by atoms with E-state index in [2.05, 4.69) is 10.6 Å². The maximum atomic E-state index is 12.1. The lowest BCUT2D eigenvalue weighted by molar-refractivity contribution is -0.119. The van der Waals surface area contributed by atoms with Crippen LogP contribution < -0.4 is 20.1 Å². The molecule has 0 radical (unpaired) electrons. The summed E-state index contributed by atoms with van der Waals surface area (Å²) in [6.45, 7) is 6.55. The van der Waals surface area contributed by atoms with Crippen LogP contribution in [-0.4, -0.2) is 25.5 Å². The molecule has 2 N–H and O–H groups in total. The first-order valence-corrected chi connectivity index (χ1v) is 9.59. The van der Waals surface area contributed by atoms with E-state index < -0.39 is 0 Å². The molecule has 0 aliphatic heterocycles. The third kappa shape index (κ3) is 6.99. The second kappa shape index (κ2) is 10.9. The number of benzene rings is 2. The van der Waals surface area contributed by atoms with Gasteiger partial charge in [0.25, 0.3) is 0 Å². The average molecular weight is 396 g/mol. The lowest BCUT2D eigenvalue weighted by Crippen LogP contribution is -2.20. The van der Waals surface area contributed by atoms with Crippen LogP contribution in [0, 0.1) is 5.92 Å². The molecule has 0 aliphatic rings. The highest BCUT2D eigenvalue weighted by atomic mass is 16.5. The molecule has 2 rings (SSSR count). The van der Waals surface area contributed by atoms with E-state index in [-0.39, 0.29) is 17.7 Å². The van der Waals surface area contributed by atoms with Crippen molar-refractivity contribution < 1.29 is 19.1 Å². The van der Waals surface area contributed by atoms with E-state index in [0.29, 0.717) is 24.7 Å². The molecule has 2 amide bonds. The molecule has 29 heavy (non-hydrogen) atoms. The Labute approximate surface area is 171 Å². The van der Waals surface area contributed by atoms with Gasteiger partial charge in [-0.2, -0.15) is 0 Å². The number of ether oxygens (including phenoxy) is 2. The standard InChI is InChI=1S/C23H28N2O4/c1-5-29-20-12-8-17(14-21(20)28-4)9-13-22(26)24-15-18-6-10-19(11-7-18)25-23(27)16(2)3/h6-14,16H,5,15H2,1-4H3,(H,24,26)(H,25,27)/b13-9+. The van der Waals surface area contributed by atoms with Gasteiger partial charge in [0.15, 0.2) is 11.5 Å². The minimum absolute atomic E-state index is 0.0258. The minimum atomic E-state index is -0.199. The smallest absolute Gasteiger partial charge is 0.244 e. The van der Waals surface area contributed by atoms with Crippen LogP contribution in [-0.2, 0) is 16.1 Å². The Hall–Kier alpha value is -3.28. The summed E-state index contributed by atoms with van der Waals surface area (Å²) < 4.78 is 10.8. The van der Waals surface area contributed by atoms with Crippen LogP contribution in [0.25, 0.3) is 6.08 Å². The van der Waals surface area contributed by atoms with E-state index in [1.54, 1.807) is 13.2 Å². The van der Waals surface area contributed by atoms with Crippen molar-refractivity contribution in [3.8, 4) is 11.5 Å². The Morgan fingerprint density at radius 1 is 1.07 bits per heavy atom. The predicted octanol–water partition coefficient (Wildman–Crippen LogP) is 4.02. The molecule has 0 heterocycles. The number of hydrogen-bond donors (Lipinski definition) is 2. The number of methoxy groups -OCH3 is 1. The highest BCUT2D eigenvalue weighted by Gasteiger charge is 2.07. The number of nitrogens with one attached hydrogen (secondary N) is 2. The van der Waals surface area contributed by atoms with Crippen LogP contribution in [0.2, 0.25) is 0 Å². The third-order valence-corrected chi connectivity index (χ3v) is 4.13. The van der Waals surface area contributed by atoms with E-state index in [1.807, 2.05) is 63.2 Å². The summed E-state index contributed by atoms with van der Waals surface area (Å²) in [7, 11) is 1.58. The first kappa shape index (κ1) is 22.0. The Morgan fingerprint density at radius 3 is 2.41 bits per heavy atom. The van der Waals surface area contributed by atoms with Gasteiger partial charge in [0.1, 0.15) is 0 Å². The van der Waals surface area contributed by atoms with Crippen molar-refractivity contribution in [1.82, 2.24) is 5.32 Å². The Balaban J connectivity index is 1.88. The molecular weight excluding hydrogens is 368 g/mol. The number of anilines is 1. The Morgan fingerprint density at radius 2 is 1.79 bits per heavy atom. The fraction of sp³-hybridized carbons (Fsp3) is 0.304. The summed E-state index contributed by atoms with van der Waals surface area (Å²) in [6, 6.07) is 12.9. The summed E-state index contributed by atoms with van der Waals surface area (Å²) in [5.74, 6) is 0.997. The summed E-state index contributed by atoms with van der Waals surface area (Å²) in [4.78, 5) is 23.8. The van der Waals surface area contributed by atoms with Crippen molar-refractivity contribution >= 4 is 23.6 Å². The van der Waals surface area contributed by atoms with Crippen molar-refractivity contribution in [3.05, 3.63) is 59.7 Å². The summed E-state index contributed by atoms with van der Waals surface area (Å²) >= 11 is 0. The van der Waals surface area contributed by atoms with Crippen molar-refractivity contribution in [2.45, 2.75) is 27.3 Å². The van der Waals surface area contributed by atoms with Crippen molar-refractivity contribution in [3.63, 3.8) is 0 Å². The largest absolute Gasteiger partial charge is 0.493 e. The molecule has 0 bridgehead atoms.